The number of nitrogens with zero attached hydrogens (tertiary/aromatic N) is 1. The van der Waals surface area contributed by atoms with Crippen LogP contribution in [0.3, 0.4) is 0 Å². The summed E-state index contributed by atoms with van der Waals surface area (Å²) in [7, 11) is 1.96. The van der Waals surface area contributed by atoms with E-state index in [9.17, 15) is 0 Å². The molecule has 1 aromatic carbocycles. The van der Waals surface area contributed by atoms with Crippen molar-refractivity contribution < 1.29 is 4.74 Å². The lowest BCUT2D eigenvalue weighted by atomic mass is 10.1. The van der Waals surface area contributed by atoms with Gasteiger partial charge in [-0.05, 0) is 56.6 Å². The molecule has 112 valence electrons. The molecule has 0 aliphatic rings. The number of benzene rings is 1. The monoisotopic (exact) mass is 348 g/mol. The van der Waals surface area contributed by atoms with Gasteiger partial charge in [0.2, 0.25) is 0 Å². The smallest absolute Gasteiger partial charge is 0.125 e. The molecule has 0 aliphatic carbocycles. The first-order valence-electron chi connectivity index (χ1n) is 7.19. The molecule has 0 spiro atoms. The molecule has 1 N–H and O–H groups in total. The molecular formula is C17H21BrN2O. The van der Waals surface area contributed by atoms with Crippen LogP contribution in [0, 0.1) is 0 Å². The fraction of sp³-hybridized carbons (Fsp3) is 0.353. The minimum absolute atomic E-state index is 0.272. The highest BCUT2D eigenvalue weighted by atomic mass is 79.9. The quantitative estimate of drug-likeness (QED) is 0.763. The molecule has 0 saturated heterocycles. The number of hydrogen-bond donors (Lipinski definition) is 1. The highest BCUT2D eigenvalue weighted by molar-refractivity contribution is 9.10. The zero-order chi connectivity index (χ0) is 15.1. The van der Waals surface area contributed by atoms with Crippen molar-refractivity contribution in [2.75, 3.05) is 13.7 Å². The van der Waals surface area contributed by atoms with Crippen molar-refractivity contribution >= 4 is 15.9 Å². The Bertz CT molecular complexity index is 560. The second-order valence-electron chi connectivity index (χ2n) is 5.00. The predicted octanol–water partition coefficient (Wildman–Crippen LogP) is 4.14. The number of aromatic nitrogens is 1. The van der Waals surface area contributed by atoms with Gasteiger partial charge in [0.25, 0.3) is 0 Å². The first-order valence-corrected chi connectivity index (χ1v) is 7.98. The Morgan fingerprint density at radius 3 is 2.71 bits per heavy atom. The summed E-state index contributed by atoms with van der Waals surface area (Å²) in [5.74, 6) is 0.945. The third-order valence-corrected chi connectivity index (χ3v) is 3.99. The molecule has 21 heavy (non-hydrogen) atoms. The van der Waals surface area contributed by atoms with Crippen LogP contribution < -0.4 is 10.1 Å². The van der Waals surface area contributed by atoms with E-state index in [1.54, 1.807) is 0 Å². The number of rotatable bonds is 7. The largest absolute Gasteiger partial charge is 0.493 e. The van der Waals surface area contributed by atoms with E-state index in [0.717, 1.165) is 23.1 Å². The zero-order valence-corrected chi connectivity index (χ0v) is 14.1. The van der Waals surface area contributed by atoms with Crippen LogP contribution in [0.1, 0.15) is 30.5 Å². The third-order valence-electron chi connectivity index (χ3n) is 3.49. The van der Waals surface area contributed by atoms with Gasteiger partial charge in [0.15, 0.2) is 0 Å². The molecular weight excluding hydrogens is 328 g/mol. The molecule has 0 radical (unpaired) electrons. The van der Waals surface area contributed by atoms with Gasteiger partial charge in [-0.1, -0.05) is 22.0 Å². The third kappa shape index (κ3) is 4.83. The van der Waals surface area contributed by atoms with E-state index < -0.39 is 0 Å². The fourth-order valence-corrected chi connectivity index (χ4v) is 2.49. The van der Waals surface area contributed by atoms with Crippen molar-refractivity contribution in [2.45, 2.75) is 25.8 Å². The van der Waals surface area contributed by atoms with Gasteiger partial charge in [0.05, 0.1) is 6.61 Å². The van der Waals surface area contributed by atoms with Crippen LogP contribution in [0.2, 0.25) is 0 Å². The zero-order valence-electron chi connectivity index (χ0n) is 12.5. The van der Waals surface area contributed by atoms with Crippen molar-refractivity contribution in [2.24, 2.45) is 0 Å². The number of pyridine rings is 1. The van der Waals surface area contributed by atoms with Crippen LogP contribution in [0.15, 0.2) is 47.2 Å². The Morgan fingerprint density at radius 1 is 1.24 bits per heavy atom. The van der Waals surface area contributed by atoms with Crippen LogP contribution >= 0.6 is 15.9 Å². The van der Waals surface area contributed by atoms with Crippen LogP contribution in [-0.4, -0.2) is 18.6 Å². The van der Waals surface area contributed by atoms with Crippen molar-refractivity contribution in [1.82, 2.24) is 10.3 Å². The molecule has 1 aromatic heterocycles. The molecule has 1 atom stereocenters. The number of halogens is 1. The summed E-state index contributed by atoms with van der Waals surface area (Å²) in [4.78, 5) is 4.03. The minimum Gasteiger partial charge on any atom is -0.493 e. The Kier molecular flexibility index (Phi) is 6.21. The van der Waals surface area contributed by atoms with Gasteiger partial charge in [-0.15, -0.1) is 0 Å². The number of aryl methyl sites for hydroxylation is 1. The molecule has 2 rings (SSSR count). The van der Waals surface area contributed by atoms with Gasteiger partial charge in [-0.3, -0.25) is 4.98 Å². The molecule has 0 saturated carbocycles. The molecule has 4 heteroatoms. The van der Waals surface area contributed by atoms with E-state index in [4.69, 9.17) is 4.74 Å². The van der Waals surface area contributed by atoms with Gasteiger partial charge >= 0.3 is 0 Å². The van der Waals surface area contributed by atoms with Gasteiger partial charge in [-0.2, -0.15) is 0 Å². The summed E-state index contributed by atoms with van der Waals surface area (Å²) < 4.78 is 7.02. The molecule has 0 bridgehead atoms. The number of nitrogens with one attached hydrogen (secondary N) is 1. The molecule has 1 unspecified atom stereocenters. The summed E-state index contributed by atoms with van der Waals surface area (Å²) in [6, 6.07) is 10.6. The molecule has 1 heterocycles. The Hall–Kier alpha value is -1.39. The van der Waals surface area contributed by atoms with Gasteiger partial charge in [0.1, 0.15) is 5.75 Å². The average Bonchev–Trinajstić information content (AvgIpc) is 2.52. The maximum absolute atomic E-state index is 5.98. The van der Waals surface area contributed by atoms with Crippen LogP contribution in [0.25, 0.3) is 0 Å². The standard InChI is InChI=1S/C17H21BrN2O/c1-13(19-2)16-6-5-15(18)12-17(16)21-11-3-4-14-7-9-20-10-8-14/h5-10,12-13,19H,3-4,11H2,1-2H3. The maximum Gasteiger partial charge on any atom is 0.125 e. The van der Waals surface area contributed by atoms with Crippen LogP contribution in [-0.2, 0) is 6.42 Å². The van der Waals surface area contributed by atoms with E-state index in [1.807, 2.05) is 43.7 Å². The van der Waals surface area contributed by atoms with E-state index in [0.29, 0.717) is 6.61 Å². The first-order chi connectivity index (χ1) is 10.2. The Balaban J connectivity index is 1.91. The highest BCUT2D eigenvalue weighted by Crippen LogP contribution is 2.28. The molecule has 0 aliphatic heterocycles. The maximum atomic E-state index is 5.98. The molecule has 0 fully saturated rings. The van der Waals surface area contributed by atoms with Gasteiger partial charge < -0.3 is 10.1 Å². The summed E-state index contributed by atoms with van der Waals surface area (Å²) in [5.41, 5.74) is 2.48. The summed E-state index contributed by atoms with van der Waals surface area (Å²) in [5, 5.41) is 3.26. The van der Waals surface area contributed by atoms with E-state index in [1.165, 1.54) is 11.1 Å². The number of hydrogen-bond acceptors (Lipinski definition) is 3. The molecule has 2 aromatic rings. The minimum atomic E-state index is 0.272. The van der Waals surface area contributed by atoms with E-state index in [2.05, 4.69) is 39.2 Å². The summed E-state index contributed by atoms with van der Waals surface area (Å²) in [6.07, 6.45) is 5.66. The summed E-state index contributed by atoms with van der Waals surface area (Å²) >= 11 is 3.51. The Morgan fingerprint density at radius 2 is 2.00 bits per heavy atom. The number of ether oxygens (including phenoxy) is 1. The van der Waals surface area contributed by atoms with E-state index >= 15 is 0 Å². The van der Waals surface area contributed by atoms with Crippen LogP contribution in [0.5, 0.6) is 5.75 Å². The first kappa shape index (κ1) is 16.0. The second kappa shape index (κ2) is 8.15. The molecule has 3 nitrogen and oxygen atoms in total. The Labute approximate surface area is 134 Å². The van der Waals surface area contributed by atoms with Crippen molar-refractivity contribution in [3.8, 4) is 5.75 Å². The topological polar surface area (TPSA) is 34.1 Å². The van der Waals surface area contributed by atoms with Crippen molar-refractivity contribution in [3.63, 3.8) is 0 Å². The average molecular weight is 349 g/mol. The predicted molar refractivity (Wildman–Crippen MR) is 89.7 cm³/mol. The van der Waals surface area contributed by atoms with Crippen molar-refractivity contribution in [3.05, 3.63) is 58.3 Å². The lowest BCUT2D eigenvalue weighted by Gasteiger charge is -2.17. The van der Waals surface area contributed by atoms with E-state index in [-0.39, 0.29) is 6.04 Å². The van der Waals surface area contributed by atoms with Gasteiger partial charge in [-0.25, -0.2) is 0 Å². The normalized spacial score (nSPS) is 12.1. The SMILES string of the molecule is CNC(C)c1ccc(Br)cc1OCCCc1ccncc1. The fourth-order valence-electron chi connectivity index (χ4n) is 2.15. The lowest BCUT2D eigenvalue weighted by Crippen LogP contribution is -2.14. The van der Waals surface area contributed by atoms with Crippen LogP contribution in [0.4, 0.5) is 0 Å². The lowest BCUT2D eigenvalue weighted by molar-refractivity contribution is 0.305. The van der Waals surface area contributed by atoms with Gasteiger partial charge in [0, 0.05) is 28.5 Å². The van der Waals surface area contributed by atoms with Crippen molar-refractivity contribution in [1.29, 1.82) is 0 Å². The molecule has 0 amide bonds. The highest BCUT2D eigenvalue weighted by Gasteiger charge is 2.10. The summed E-state index contributed by atoms with van der Waals surface area (Å²) in [6.45, 7) is 2.84. The second-order valence-corrected chi connectivity index (χ2v) is 5.92.